The standard InChI is InChI=1S/C21H22F3N3OS.C2H6O.C2H2/c1-25-20(29-13-15-6-9-18-16(11-15)12-19(28)27-18)26-10-2-3-14-4-7-17(8-5-14)21(22,23)24;1-3-2;1-2/h4-9,11H,2-3,10,12-13H2,1H3,(H,25,26)(H,27,28);1-2H3;1-2H. The first kappa shape index (κ1) is 29.1. The highest BCUT2D eigenvalue weighted by atomic mass is 32.2. The molecular weight excluding hydrogens is 463 g/mol. The van der Waals surface area contributed by atoms with Gasteiger partial charge in [0, 0.05) is 39.3 Å². The van der Waals surface area contributed by atoms with Crippen LogP contribution in [0.25, 0.3) is 0 Å². The number of fused-ring (bicyclic) bond motifs is 1. The summed E-state index contributed by atoms with van der Waals surface area (Å²) in [5.41, 5.74) is 3.28. The number of amides is 1. The number of nitrogens with one attached hydrogen (secondary N) is 2. The predicted octanol–water partition coefficient (Wildman–Crippen LogP) is 5.15. The van der Waals surface area contributed by atoms with Gasteiger partial charge in [0.15, 0.2) is 5.17 Å². The van der Waals surface area contributed by atoms with E-state index in [0.29, 0.717) is 19.4 Å². The number of nitrogens with zero attached hydrogens (tertiary/aromatic N) is 1. The van der Waals surface area contributed by atoms with Crippen molar-refractivity contribution in [3.05, 3.63) is 64.7 Å². The number of aryl methyl sites for hydroxylation is 1. The van der Waals surface area contributed by atoms with Crippen LogP contribution in [0.15, 0.2) is 47.5 Å². The number of aliphatic imine (C=N–C) groups is 1. The second-order valence-corrected chi connectivity index (χ2v) is 8.13. The number of hydrogen-bond donors (Lipinski definition) is 2. The molecule has 1 aliphatic rings. The Hall–Kier alpha value is -2.96. The summed E-state index contributed by atoms with van der Waals surface area (Å²) in [6, 6.07) is 11.3. The maximum Gasteiger partial charge on any atom is 0.416 e. The molecule has 1 heterocycles. The minimum atomic E-state index is -4.30. The van der Waals surface area contributed by atoms with Gasteiger partial charge >= 0.3 is 6.18 Å². The maximum absolute atomic E-state index is 12.6. The molecule has 3 rings (SSSR count). The van der Waals surface area contributed by atoms with Gasteiger partial charge in [-0.05, 0) is 47.7 Å². The van der Waals surface area contributed by atoms with Crippen LogP contribution in [-0.4, -0.2) is 38.9 Å². The number of rotatable bonds is 6. The van der Waals surface area contributed by atoms with Gasteiger partial charge in [-0.1, -0.05) is 36.0 Å². The molecule has 0 aliphatic carbocycles. The zero-order valence-corrected chi connectivity index (χ0v) is 20.4. The lowest BCUT2D eigenvalue weighted by Gasteiger charge is -2.10. The zero-order valence-electron chi connectivity index (χ0n) is 19.5. The number of thioether (sulfide) groups is 1. The van der Waals surface area contributed by atoms with Crippen LogP contribution in [0.3, 0.4) is 0 Å². The number of carbonyl (C=O) groups excluding carboxylic acids is 1. The molecule has 0 aromatic heterocycles. The third-order valence-corrected chi connectivity index (χ3v) is 5.65. The zero-order chi connectivity index (χ0) is 25.6. The number of terminal acetylenes is 1. The molecule has 0 atom stereocenters. The number of anilines is 1. The number of carbonyl (C=O) groups is 1. The fourth-order valence-corrected chi connectivity index (χ4v) is 3.88. The Bertz CT molecular complexity index is 958. The second kappa shape index (κ2) is 15.0. The lowest BCUT2D eigenvalue weighted by atomic mass is 10.1. The molecule has 0 radical (unpaired) electrons. The lowest BCUT2D eigenvalue weighted by molar-refractivity contribution is -0.137. The SMILES string of the molecule is C#C.CN=C(NCCCc1ccc(C(F)(F)F)cc1)SCc1ccc2c(c1)CC(=O)N2.COC. The van der Waals surface area contributed by atoms with Gasteiger partial charge in [0.2, 0.25) is 5.91 Å². The van der Waals surface area contributed by atoms with E-state index in [1.807, 2.05) is 18.2 Å². The van der Waals surface area contributed by atoms with Crippen molar-refractivity contribution in [1.82, 2.24) is 5.32 Å². The van der Waals surface area contributed by atoms with Gasteiger partial charge in [0.05, 0.1) is 12.0 Å². The van der Waals surface area contributed by atoms with E-state index in [0.717, 1.165) is 51.9 Å². The van der Waals surface area contributed by atoms with E-state index < -0.39 is 11.7 Å². The van der Waals surface area contributed by atoms with Crippen LogP contribution in [0.4, 0.5) is 18.9 Å². The monoisotopic (exact) mass is 493 g/mol. The van der Waals surface area contributed by atoms with E-state index in [9.17, 15) is 18.0 Å². The molecule has 184 valence electrons. The largest absolute Gasteiger partial charge is 0.416 e. The summed E-state index contributed by atoms with van der Waals surface area (Å²) in [4.78, 5) is 15.7. The van der Waals surface area contributed by atoms with Crippen molar-refractivity contribution in [2.24, 2.45) is 4.99 Å². The molecule has 1 aliphatic heterocycles. The Labute approximate surface area is 203 Å². The summed E-state index contributed by atoms with van der Waals surface area (Å²) >= 11 is 1.58. The highest BCUT2D eigenvalue weighted by Crippen LogP contribution is 2.29. The summed E-state index contributed by atoms with van der Waals surface area (Å²) < 4.78 is 42.0. The quantitative estimate of drug-likeness (QED) is 0.253. The number of hydrogen-bond acceptors (Lipinski definition) is 4. The van der Waals surface area contributed by atoms with Crippen LogP contribution >= 0.6 is 11.8 Å². The number of ether oxygens (including phenoxy) is 1. The highest BCUT2D eigenvalue weighted by molar-refractivity contribution is 8.13. The van der Waals surface area contributed by atoms with Crippen LogP contribution in [0.2, 0.25) is 0 Å². The van der Waals surface area contributed by atoms with Crippen molar-refractivity contribution >= 4 is 28.5 Å². The number of amidine groups is 1. The Morgan fingerprint density at radius 3 is 2.35 bits per heavy atom. The van der Waals surface area contributed by atoms with E-state index in [1.54, 1.807) is 33.0 Å². The van der Waals surface area contributed by atoms with Crippen LogP contribution in [0.1, 0.15) is 28.7 Å². The molecule has 34 heavy (non-hydrogen) atoms. The van der Waals surface area contributed by atoms with Crippen molar-refractivity contribution < 1.29 is 22.7 Å². The first-order valence-electron chi connectivity index (χ1n) is 10.4. The molecule has 0 unspecified atom stereocenters. The Balaban J connectivity index is 0.00000107. The Morgan fingerprint density at radius 2 is 1.76 bits per heavy atom. The van der Waals surface area contributed by atoms with Gasteiger partial charge in [-0.25, -0.2) is 0 Å². The van der Waals surface area contributed by atoms with Crippen molar-refractivity contribution in [3.63, 3.8) is 0 Å². The van der Waals surface area contributed by atoms with Crippen molar-refractivity contribution in [2.75, 3.05) is 33.1 Å². The smallest absolute Gasteiger partial charge is 0.388 e. The second-order valence-electron chi connectivity index (χ2n) is 7.17. The van der Waals surface area contributed by atoms with Gasteiger partial charge in [0.1, 0.15) is 0 Å². The third kappa shape index (κ3) is 9.89. The number of halogens is 3. The van der Waals surface area contributed by atoms with Crippen LogP contribution in [-0.2, 0) is 34.3 Å². The minimum absolute atomic E-state index is 0.0234. The molecular formula is C25H30F3N3O2S. The molecule has 0 saturated heterocycles. The van der Waals surface area contributed by atoms with Crippen molar-refractivity contribution in [2.45, 2.75) is 31.2 Å². The van der Waals surface area contributed by atoms with Gasteiger partial charge in [0.25, 0.3) is 0 Å². The first-order chi connectivity index (χ1) is 16.3. The molecule has 2 N–H and O–H groups in total. The normalized spacial score (nSPS) is 12.5. The molecule has 0 spiro atoms. The number of benzene rings is 2. The third-order valence-electron chi connectivity index (χ3n) is 4.57. The summed E-state index contributed by atoms with van der Waals surface area (Å²) in [7, 11) is 4.97. The predicted molar refractivity (Wildman–Crippen MR) is 134 cm³/mol. The molecule has 2 aromatic carbocycles. The number of alkyl halides is 3. The van der Waals surface area contributed by atoms with Gasteiger partial charge in [-0.15, -0.1) is 12.8 Å². The van der Waals surface area contributed by atoms with Crippen LogP contribution < -0.4 is 10.6 Å². The van der Waals surface area contributed by atoms with Crippen molar-refractivity contribution in [1.29, 1.82) is 0 Å². The molecule has 9 heteroatoms. The first-order valence-corrected chi connectivity index (χ1v) is 11.4. The summed E-state index contributed by atoms with van der Waals surface area (Å²) in [5.74, 6) is 0.760. The van der Waals surface area contributed by atoms with E-state index >= 15 is 0 Å². The molecule has 0 saturated carbocycles. The fraction of sp³-hybridized carbons (Fsp3) is 0.360. The van der Waals surface area contributed by atoms with Gasteiger partial charge < -0.3 is 15.4 Å². The lowest BCUT2D eigenvalue weighted by Crippen LogP contribution is -2.22. The van der Waals surface area contributed by atoms with Gasteiger partial charge in [-0.2, -0.15) is 13.2 Å². The highest BCUT2D eigenvalue weighted by Gasteiger charge is 2.29. The molecule has 2 aromatic rings. The number of methoxy groups -OCH3 is 1. The summed E-state index contributed by atoms with van der Waals surface area (Å²) in [6.45, 7) is 0.684. The molecule has 1 amide bonds. The van der Waals surface area contributed by atoms with Crippen LogP contribution in [0, 0.1) is 12.8 Å². The maximum atomic E-state index is 12.6. The average molecular weight is 494 g/mol. The summed E-state index contributed by atoms with van der Waals surface area (Å²) in [6.07, 6.45) is 5.61. The summed E-state index contributed by atoms with van der Waals surface area (Å²) in [5, 5.41) is 6.90. The van der Waals surface area contributed by atoms with E-state index in [4.69, 9.17) is 0 Å². The van der Waals surface area contributed by atoms with Crippen molar-refractivity contribution in [3.8, 4) is 12.8 Å². The van der Waals surface area contributed by atoms with E-state index in [-0.39, 0.29) is 5.91 Å². The van der Waals surface area contributed by atoms with Gasteiger partial charge in [-0.3, -0.25) is 9.79 Å². The average Bonchev–Trinajstić information content (AvgIpc) is 3.19. The minimum Gasteiger partial charge on any atom is -0.388 e. The van der Waals surface area contributed by atoms with E-state index in [2.05, 4.69) is 33.2 Å². The molecule has 5 nitrogen and oxygen atoms in total. The van der Waals surface area contributed by atoms with E-state index in [1.165, 1.54) is 12.1 Å². The Morgan fingerprint density at radius 1 is 1.15 bits per heavy atom. The molecule has 0 fully saturated rings. The Kier molecular flexibility index (Phi) is 12.9. The fourth-order valence-electron chi connectivity index (χ4n) is 3.07. The topological polar surface area (TPSA) is 62.7 Å². The molecule has 0 bridgehead atoms. The van der Waals surface area contributed by atoms with Crippen LogP contribution in [0.5, 0.6) is 0 Å².